The van der Waals surface area contributed by atoms with Gasteiger partial charge >= 0.3 is 57.4 Å². The largest absolute Gasteiger partial charge is 1.00 e. The van der Waals surface area contributed by atoms with Crippen molar-refractivity contribution in [1.29, 1.82) is 0 Å². The number of carbonyl (C=O) groups is 1. The molecule has 1 unspecified atom stereocenters. The summed E-state index contributed by atoms with van der Waals surface area (Å²) in [7, 11) is 0. The fraction of sp³-hybridized carbons (Fsp3) is 0.222. The van der Waals surface area contributed by atoms with Crippen molar-refractivity contribution in [3.63, 3.8) is 0 Å². The predicted octanol–water partition coefficient (Wildman–Crippen LogP) is -1.86. The van der Waals surface area contributed by atoms with Gasteiger partial charge in [0.05, 0.1) is 11.7 Å². The van der Waals surface area contributed by atoms with Crippen LogP contribution in [0.4, 0.5) is 5.69 Å². The van der Waals surface area contributed by atoms with Crippen LogP contribution in [-0.4, -0.2) is 16.2 Å². The molecular weight excluding hydrogens is 209 g/mol. The van der Waals surface area contributed by atoms with Crippen molar-refractivity contribution in [3.8, 4) is 0 Å². The quantitative estimate of drug-likeness (QED) is 0.404. The topological polar surface area (TPSA) is 83.5 Å². The summed E-state index contributed by atoms with van der Waals surface area (Å²) >= 11 is 0. The molecule has 0 aromatic heterocycles. The van der Waals surface area contributed by atoms with Crippen molar-refractivity contribution >= 4 is 11.7 Å². The van der Waals surface area contributed by atoms with Gasteiger partial charge in [-0.2, -0.15) is 0 Å². The Kier molecular flexibility index (Phi) is 5.88. The van der Waals surface area contributed by atoms with E-state index in [0.717, 1.165) is 0 Å². The first-order valence-corrected chi connectivity index (χ1v) is 3.83. The van der Waals surface area contributed by atoms with Gasteiger partial charge in [-0.25, -0.2) is 4.79 Å². The number of nitrogen functional groups attached to an aromatic ring is 1. The van der Waals surface area contributed by atoms with Gasteiger partial charge in [0.25, 0.3) is 0 Å². The van der Waals surface area contributed by atoms with E-state index in [1.165, 1.54) is 13.0 Å². The zero-order valence-electron chi connectivity index (χ0n) is 9.19. The van der Waals surface area contributed by atoms with Gasteiger partial charge in [-0.3, -0.25) is 0 Å². The first-order chi connectivity index (χ1) is 6.04. The summed E-state index contributed by atoms with van der Waals surface area (Å²) in [5, 5.41) is 18.1. The first-order valence-electron chi connectivity index (χ1n) is 3.83. The molecule has 0 heterocycles. The minimum atomic E-state index is -1.12. The van der Waals surface area contributed by atoms with Crippen LogP contribution in [0.3, 0.4) is 0 Å². The molecule has 5 heteroatoms. The van der Waals surface area contributed by atoms with Crippen LogP contribution in [0.1, 0.15) is 30.4 Å². The third-order valence-electron chi connectivity index (χ3n) is 1.79. The van der Waals surface area contributed by atoms with Crippen LogP contribution in [0, 0.1) is 0 Å². The molecule has 0 aliphatic heterocycles. The summed E-state index contributed by atoms with van der Waals surface area (Å²) in [4.78, 5) is 10.8. The first kappa shape index (κ1) is 14.1. The Morgan fingerprint density at radius 3 is 2.50 bits per heavy atom. The number of hydrogen-bond acceptors (Lipinski definition) is 3. The molecule has 1 aromatic carbocycles. The Morgan fingerprint density at radius 1 is 1.57 bits per heavy atom. The molecule has 0 saturated heterocycles. The van der Waals surface area contributed by atoms with Crippen molar-refractivity contribution in [3.05, 3.63) is 29.3 Å². The maximum Gasteiger partial charge on any atom is 1.00 e. The maximum absolute atomic E-state index is 10.8. The Bertz CT molecular complexity index is 344. The van der Waals surface area contributed by atoms with E-state index in [2.05, 4.69) is 0 Å². The SMILES string of the molecule is CC(O)c1cccc(N)c1C(=O)O.[H-].[K+]. The summed E-state index contributed by atoms with van der Waals surface area (Å²) in [6, 6.07) is 4.66. The molecule has 0 aliphatic carbocycles. The van der Waals surface area contributed by atoms with Crippen LogP contribution in [0.2, 0.25) is 0 Å². The fourth-order valence-electron chi connectivity index (χ4n) is 1.18. The van der Waals surface area contributed by atoms with Crippen LogP contribution in [0.25, 0.3) is 0 Å². The zero-order valence-corrected chi connectivity index (χ0v) is 11.3. The van der Waals surface area contributed by atoms with Crippen molar-refractivity contribution in [2.75, 3.05) is 5.73 Å². The molecule has 4 nitrogen and oxygen atoms in total. The number of carboxylic acids is 1. The van der Waals surface area contributed by atoms with E-state index in [1.54, 1.807) is 12.1 Å². The molecular formula is C9H12KNO3. The van der Waals surface area contributed by atoms with Crippen molar-refractivity contribution in [1.82, 2.24) is 0 Å². The minimum absolute atomic E-state index is 0. The van der Waals surface area contributed by atoms with Gasteiger partial charge in [0.1, 0.15) is 0 Å². The second kappa shape index (κ2) is 5.84. The Hall–Kier alpha value is 0.0864. The molecule has 1 atom stereocenters. The number of hydrogen-bond donors (Lipinski definition) is 3. The molecule has 4 N–H and O–H groups in total. The van der Waals surface area contributed by atoms with Gasteiger partial charge < -0.3 is 17.4 Å². The van der Waals surface area contributed by atoms with Gasteiger partial charge in [0, 0.05) is 5.69 Å². The minimum Gasteiger partial charge on any atom is -1.00 e. The van der Waals surface area contributed by atoms with Crippen LogP contribution < -0.4 is 57.1 Å². The summed E-state index contributed by atoms with van der Waals surface area (Å²) in [6.45, 7) is 1.50. The standard InChI is InChI=1S/C9H11NO3.K.H/c1-5(11)6-3-2-4-7(10)8(6)9(12)13;;/h2-5,11H,10H2,1H3,(H,12,13);;/q;+1;-1. The number of anilines is 1. The molecule has 0 fully saturated rings. The third-order valence-corrected chi connectivity index (χ3v) is 1.79. The van der Waals surface area contributed by atoms with Gasteiger partial charge in [0.15, 0.2) is 0 Å². The second-order valence-corrected chi connectivity index (χ2v) is 2.79. The number of carboxylic acid groups (broad SMARTS) is 1. The van der Waals surface area contributed by atoms with Gasteiger partial charge in [-0.05, 0) is 18.6 Å². The molecule has 0 aliphatic rings. The molecule has 1 rings (SSSR count). The summed E-state index contributed by atoms with van der Waals surface area (Å²) in [6.07, 6.45) is -0.824. The van der Waals surface area contributed by atoms with E-state index in [1.807, 2.05) is 0 Å². The average molecular weight is 221 g/mol. The Labute approximate surface area is 126 Å². The predicted molar refractivity (Wildman–Crippen MR) is 49.6 cm³/mol. The monoisotopic (exact) mass is 221 g/mol. The van der Waals surface area contributed by atoms with E-state index >= 15 is 0 Å². The summed E-state index contributed by atoms with van der Waals surface area (Å²) in [5.41, 5.74) is 5.96. The second-order valence-electron chi connectivity index (χ2n) is 2.79. The Morgan fingerprint density at radius 2 is 2.14 bits per heavy atom. The van der Waals surface area contributed by atoms with Crippen molar-refractivity contribution < 1.29 is 67.8 Å². The molecule has 0 radical (unpaired) electrons. The normalized spacial score (nSPS) is 11.6. The van der Waals surface area contributed by atoms with Crippen LogP contribution >= 0.6 is 0 Å². The van der Waals surface area contributed by atoms with E-state index < -0.39 is 12.1 Å². The van der Waals surface area contributed by atoms with Crippen LogP contribution in [0.15, 0.2) is 18.2 Å². The van der Waals surface area contributed by atoms with Gasteiger partial charge in [-0.15, -0.1) is 0 Å². The van der Waals surface area contributed by atoms with Crippen LogP contribution in [0.5, 0.6) is 0 Å². The molecule has 0 saturated carbocycles. The zero-order chi connectivity index (χ0) is 10.0. The molecule has 1 aromatic rings. The maximum atomic E-state index is 10.8. The van der Waals surface area contributed by atoms with Gasteiger partial charge in [-0.1, -0.05) is 12.1 Å². The molecule has 72 valence electrons. The van der Waals surface area contributed by atoms with Gasteiger partial charge in [0.2, 0.25) is 0 Å². The van der Waals surface area contributed by atoms with Crippen LogP contribution in [-0.2, 0) is 0 Å². The average Bonchev–Trinajstić information content (AvgIpc) is 2.02. The summed E-state index contributed by atoms with van der Waals surface area (Å²) in [5.74, 6) is -1.12. The number of benzene rings is 1. The fourth-order valence-corrected chi connectivity index (χ4v) is 1.18. The number of nitrogens with two attached hydrogens (primary N) is 1. The van der Waals surface area contributed by atoms with E-state index in [4.69, 9.17) is 10.8 Å². The molecule has 0 bridgehead atoms. The van der Waals surface area contributed by atoms with Crippen molar-refractivity contribution in [2.45, 2.75) is 13.0 Å². The van der Waals surface area contributed by atoms with E-state index in [9.17, 15) is 9.90 Å². The molecule has 0 amide bonds. The van der Waals surface area contributed by atoms with E-state index in [0.29, 0.717) is 5.56 Å². The van der Waals surface area contributed by atoms with Crippen molar-refractivity contribution in [2.24, 2.45) is 0 Å². The number of aromatic carboxylic acids is 1. The third kappa shape index (κ3) is 3.05. The Balaban J connectivity index is 0. The number of aliphatic hydroxyl groups excluding tert-OH is 1. The number of aliphatic hydroxyl groups is 1. The molecule has 0 spiro atoms. The smallest absolute Gasteiger partial charge is 1.00 e. The summed E-state index contributed by atoms with van der Waals surface area (Å²) < 4.78 is 0. The van der Waals surface area contributed by atoms with E-state index in [-0.39, 0.29) is 64.1 Å². The molecule has 14 heavy (non-hydrogen) atoms. The number of rotatable bonds is 2.